The van der Waals surface area contributed by atoms with Crippen LogP contribution in [0.1, 0.15) is 13.8 Å². The third kappa shape index (κ3) is 3.56. The number of rotatable bonds is 3. The fourth-order valence-corrected chi connectivity index (χ4v) is 1.57. The predicted octanol–water partition coefficient (Wildman–Crippen LogP) is 3.95. The van der Waals surface area contributed by atoms with E-state index in [1.807, 2.05) is 13.8 Å². The van der Waals surface area contributed by atoms with Crippen LogP contribution in [0.15, 0.2) is 22.7 Å². The van der Waals surface area contributed by atoms with Crippen molar-refractivity contribution in [2.24, 2.45) is 5.92 Å². The number of carbonyl (C=O) groups excluding carboxylic acids is 1. The van der Waals surface area contributed by atoms with Crippen LogP contribution in [0, 0.1) is 11.7 Å². The van der Waals surface area contributed by atoms with Gasteiger partial charge in [-0.25, -0.2) is 4.39 Å². The Labute approximate surface area is 111 Å². The van der Waals surface area contributed by atoms with Gasteiger partial charge in [0.25, 0.3) is 0 Å². The summed E-state index contributed by atoms with van der Waals surface area (Å²) in [5.74, 6) is -0.540. The molecule has 16 heavy (non-hydrogen) atoms. The fraction of sp³-hybridized carbons (Fsp3) is 0.364. The molecule has 88 valence electrons. The van der Waals surface area contributed by atoms with Crippen molar-refractivity contribution in [1.29, 1.82) is 0 Å². The first-order valence-corrected chi connectivity index (χ1v) is 6.52. The molecule has 1 N–H and O–H groups in total. The molecule has 5 heteroatoms. The minimum Gasteiger partial charge on any atom is -0.323 e. The Morgan fingerprint density at radius 3 is 2.62 bits per heavy atom. The number of amides is 1. The Morgan fingerprint density at radius 1 is 1.44 bits per heavy atom. The molecule has 1 aromatic carbocycles. The highest BCUT2D eigenvalue weighted by Gasteiger charge is 2.19. The standard InChI is InChI=1S/C11H12Br2FNO/c1-6(2)10(13)11(16)15-9-5-7(12)3-4-8(9)14/h3-6,10H,1-2H3,(H,15,16). The van der Waals surface area contributed by atoms with E-state index < -0.39 is 5.82 Å². The third-order valence-electron chi connectivity index (χ3n) is 2.02. The van der Waals surface area contributed by atoms with E-state index in [9.17, 15) is 9.18 Å². The van der Waals surface area contributed by atoms with Gasteiger partial charge in [-0.2, -0.15) is 0 Å². The molecule has 0 aliphatic heterocycles. The zero-order valence-corrected chi connectivity index (χ0v) is 12.1. The van der Waals surface area contributed by atoms with Gasteiger partial charge in [0, 0.05) is 4.47 Å². The summed E-state index contributed by atoms with van der Waals surface area (Å²) in [6, 6.07) is 4.42. The van der Waals surface area contributed by atoms with E-state index in [-0.39, 0.29) is 22.3 Å². The van der Waals surface area contributed by atoms with E-state index in [2.05, 4.69) is 37.2 Å². The van der Waals surface area contributed by atoms with Crippen LogP contribution in [-0.2, 0) is 4.79 Å². The summed E-state index contributed by atoms with van der Waals surface area (Å²) in [7, 11) is 0. The second kappa shape index (κ2) is 5.77. The Bertz CT molecular complexity index is 396. The molecule has 0 aliphatic carbocycles. The Kier molecular flexibility index (Phi) is 4.92. The summed E-state index contributed by atoms with van der Waals surface area (Å²) in [5.41, 5.74) is 0.185. The number of hydrogen-bond acceptors (Lipinski definition) is 1. The Balaban J connectivity index is 2.80. The van der Waals surface area contributed by atoms with Crippen LogP contribution in [0.4, 0.5) is 10.1 Å². The van der Waals surface area contributed by atoms with Gasteiger partial charge in [-0.15, -0.1) is 0 Å². The Morgan fingerprint density at radius 2 is 2.06 bits per heavy atom. The molecule has 0 fully saturated rings. The smallest absolute Gasteiger partial charge is 0.238 e. The highest BCUT2D eigenvalue weighted by Crippen LogP contribution is 2.21. The molecule has 0 bridgehead atoms. The molecule has 1 atom stereocenters. The first-order valence-electron chi connectivity index (χ1n) is 4.82. The number of carbonyl (C=O) groups is 1. The lowest BCUT2D eigenvalue weighted by Gasteiger charge is -2.14. The van der Waals surface area contributed by atoms with Gasteiger partial charge in [0.1, 0.15) is 5.82 Å². The lowest BCUT2D eigenvalue weighted by Crippen LogP contribution is -2.27. The third-order valence-corrected chi connectivity index (χ3v) is 3.99. The van der Waals surface area contributed by atoms with E-state index in [0.29, 0.717) is 0 Å². The SMILES string of the molecule is CC(C)C(Br)C(=O)Nc1cc(Br)ccc1F. The van der Waals surface area contributed by atoms with E-state index in [1.54, 1.807) is 6.07 Å². The maximum absolute atomic E-state index is 13.3. The average molecular weight is 353 g/mol. The van der Waals surface area contributed by atoms with Crippen molar-refractivity contribution in [3.63, 3.8) is 0 Å². The maximum atomic E-state index is 13.3. The largest absolute Gasteiger partial charge is 0.323 e. The minimum absolute atomic E-state index is 0.148. The van der Waals surface area contributed by atoms with E-state index in [0.717, 1.165) is 4.47 Å². The molecule has 0 spiro atoms. The van der Waals surface area contributed by atoms with Crippen molar-refractivity contribution < 1.29 is 9.18 Å². The van der Waals surface area contributed by atoms with E-state index in [4.69, 9.17) is 0 Å². The monoisotopic (exact) mass is 351 g/mol. The predicted molar refractivity (Wildman–Crippen MR) is 70.3 cm³/mol. The van der Waals surface area contributed by atoms with Crippen molar-refractivity contribution in [2.75, 3.05) is 5.32 Å². The minimum atomic E-state index is -0.444. The van der Waals surface area contributed by atoms with Gasteiger partial charge in [-0.05, 0) is 24.1 Å². The fourth-order valence-electron chi connectivity index (χ4n) is 1.10. The molecule has 0 heterocycles. The lowest BCUT2D eigenvalue weighted by molar-refractivity contribution is -0.116. The first-order chi connectivity index (χ1) is 7.41. The summed E-state index contributed by atoms with van der Waals surface area (Å²) < 4.78 is 14.1. The highest BCUT2D eigenvalue weighted by molar-refractivity contribution is 9.10. The van der Waals surface area contributed by atoms with Crippen LogP contribution < -0.4 is 5.32 Å². The molecule has 0 saturated carbocycles. The number of anilines is 1. The number of hydrogen-bond donors (Lipinski definition) is 1. The van der Waals surface area contributed by atoms with Gasteiger partial charge in [-0.3, -0.25) is 4.79 Å². The number of nitrogens with one attached hydrogen (secondary N) is 1. The van der Waals surface area contributed by atoms with Crippen molar-refractivity contribution in [2.45, 2.75) is 18.7 Å². The van der Waals surface area contributed by atoms with Gasteiger partial charge in [0.15, 0.2) is 0 Å². The quantitative estimate of drug-likeness (QED) is 0.820. The average Bonchev–Trinajstić information content (AvgIpc) is 2.22. The molecule has 0 radical (unpaired) electrons. The van der Waals surface area contributed by atoms with Crippen LogP contribution in [0.5, 0.6) is 0 Å². The molecule has 1 aromatic rings. The molecular weight excluding hydrogens is 341 g/mol. The van der Waals surface area contributed by atoms with Crippen molar-refractivity contribution >= 4 is 43.5 Å². The summed E-state index contributed by atoms with van der Waals surface area (Å²) in [5, 5.41) is 2.54. The topological polar surface area (TPSA) is 29.1 Å². The van der Waals surface area contributed by atoms with Gasteiger partial charge in [-0.1, -0.05) is 45.7 Å². The lowest BCUT2D eigenvalue weighted by atomic mass is 10.1. The molecule has 2 nitrogen and oxygen atoms in total. The summed E-state index contributed by atoms with van der Waals surface area (Å²) in [4.78, 5) is 11.3. The second-order valence-electron chi connectivity index (χ2n) is 3.76. The Hall–Kier alpha value is -0.420. The second-order valence-corrected chi connectivity index (χ2v) is 5.66. The van der Waals surface area contributed by atoms with Gasteiger partial charge in [0.2, 0.25) is 5.91 Å². The maximum Gasteiger partial charge on any atom is 0.238 e. The van der Waals surface area contributed by atoms with Crippen LogP contribution in [0.3, 0.4) is 0 Å². The van der Waals surface area contributed by atoms with Crippen molar-refractivity contribution in [3.05, 3.63) is 28.5 Å². The summed E-state index contributed by atoms with van der Waals surface area (Å²) in [6.07, 6.45) is 0. The molecule has 1 rings (SSSR count). The molecule has 0 aliphatic rings. The zero-order chi connectivity index (χ0) is 12.3. The summed E-state index contributed by atoms with van der Waals surface area (Å²) in [6.45, 7) is 3.83. The van der Waals surface area contributed by atoms with Crippen molar-refractivity contribution in [3.8, 4) is 0 Å². The van der Waals surface area contributed by atoms with Crippen LogP contribution in [0.25, 0.3) is 0 Å². The van der Waals surface area contributed by atoms with Gasteiger partial charge >= 0.3 is 0 Å². The number of benzene rings is 1. The van der Waals surface area contributed by atoms with Gasteiger partial charge < -0.3 is 5.32 Å². The number of halogens is 3. The van der Waals surface area contributed by atoms with Crippen LogP contribution >= 0.6 is 31.9 Å². The molecule has 1 amide bonds. The molecule has 0 aromatic heterocycles. The number of alkyl halides is 1. The van der Waals surface area contributed by atoms with Crippen LogP contribution in [-0.4, -0.2) is 10.7 Å². The zero-order valence-electron chi connectivity index (χ0n) is 8.93. The van der Waals surface area contributed by atoms with E-state index >= 15 is 0 Å². The summed E-state index contributed by atoms with van der Waals surface area (Å²) >= 11 is 6.48. The highest BCUT2D eigenvalue weighted by atomic mass is 79.9. The normalized spacial score (nSPS) is 12.6. The molecule has 0 saturated heterocycles. The molecular formula is C11H12Br2FNO. The van der Waals surface area contributed by atoms with Crippen LogP contribution in [0.2, 0.25) is 0 Å². The molecule has 1 unspecified atom stereocenters. The van der Waals surface area contributed by atoms with Gasteiger partial charge in [0.05, 0.1) is 10.5 Å². The first kappa shape index (κ1) is 13.6. The van der Waals surface area contributed by atoms with Crippen molar-refractivity contribution in [1.82, 2.24) is 0 Å². The van der Waals surface area contributed by atoms with E-state index in [1.165, 1.54) is 12.1 Å².